The number of carboxylic acids is 1. The fourth-order valence-electron chi connectivity index (χ4n) is 3.79. The summed E-state index contributed by atoms with van der Waals surface area (Å²) in [5.74, 6) is -1.24. The first-order valence-electron chi connectivity index (χ1n) is 9.39. The van der Waals surface area contributed by atoms with Crippen LogP contribution in [0.4, 0.5) is 0 Å². The van der Waals surface area contributed by atoms with E-state index in [1.807, 2.05) is 36.4 Å². The van der Waals surface area contributed by atoms with Crippen LogP contribution in [-0.2, 0) is 4.79 Å². The van der Waals surface area contributed by atoms with Crippen molar-refractivity contribution in [1.82, 2.24) is 9.88 Å². The second-order valence-corrected chi connectivity index (χ2v) is 7.38. The van der Waals surface area contributed by atoms with Crippen LogP contribution in [0, 0.1) is 0 Å². The number of carbonyl (C=O) groups excluding carboxylic acids is 1. The van der Waals surface area contributed by atoms with Crippen LogP contribution in [-0.4, -0.2) is 39.5 Å². The highest BCUT2D eigenvalue weighted by atomic mass is 35.5. The van der Waals surface area contributed by atoms with Crippen molar-refractivity contribution in [1.29, 1.82) is 0 Å². The van der Waals surface area contributed by atoms with Crippen molar-refractivity contribution < 1.29 is 14.7 Å². The largest absolute Gasteiger partial charge is 0.480 e. The first kappa shape index (κ1) is 19.2. The van der Waals surface area contributed by atoms with E-state index in [1.54, 1.807) is 30.6 Å². The Hall–Kier alpha value is -3.18. The molecule has 0 spiro atoms. The number of amides is 1. The van der Waals surface area contributed by atoms with Crippen LogP contribution < -0.4 is 0 Å². The Balaban J connectivity index is 1.82. The average Bonchev–Trinajstić information content (AvgIpc) is 3.24. The summed E-state index contributed by atoms with van der Waals surface area (Å²) >= 11 is 6.45. The van der Waals surface area contributed by atoms with Gasteiger partial charge in [0.25, 0.3) is 5.91 Å². The third-order valence-electron chi connectivity index (χ3n) is 5.20. The summed E-state index contributed by atoms with van der Waals surface area (Å²) < 4.78 is 0. The molecule has 1 aliphatic heterocycles. The molecule has 1 fully saturated rings. The smallest absolute Gasteiger partial charge is 0.326 e. The molecular formula is C23H19ClN2O3. The van der Waals surface area contributed by atoms with Crippen LogP contribution in [0.1, 0.15) is 23.2 Å². The summed E-state index contributed by atoms with van der Waals surface area (Å²) in [6.07, 6.45) is 4.63. The number of aromatic nitrogens is 1. The molecule has 4 rings (SSSR count). The van der Waals surface area contributed by atoms with Crippen molar-refractivity contribution >= 4 is 23.5 Å². The van der Waals surface area contributed by atoms with Crippen molar-refractivity contribution in [2.45, 2.75) is 18.9 Å². The van der Waals surface area contributed by atoms with Gasteiger partial charge in [-0.15, -0.1) is 0 Å². The molecule has 0 radical (unpaired) electrons. The van der Waals surface area contributed by atoms with E-state index in [2.05, 4.69) is 4.98 Å². The van der Waals surface area contributed by atoms with E-state index in [9.17, 15) is 14.7 Å². The molecule has 146 valence electrons. The van der Waals surface area contributed by atoms with Gasteiger partial charge in [0, 0.05) is 40.7 Å². The van der Waals surface area contributed by atoms with E-state index >= 15 is 0 Å². The number of carbonyl (C=O) groups is 2. The summed E-state index contributed by atoms with van der Waals surface area (Å²) in [6.45, 7) is 0.446. The predicted molar refractivity (Wildman–Crippen MR) is 112 cm³/mol. The minimum Gasteiger partial charge on any atom is -0.480 e. The number of pyridine rings is 1. The van der Waals surface area contributed by atoms with Crippen LogP contribution in [0.2, 0.25) is 5.02 Å². The molecule has 1 amide bonds. The molecule has 0 bridgehead atoms. The molecule has 2 aromatic carbocycles. The van der Waals surface area contributed by atoms with Crippen LogP contribution in [0.5, 0.6) is 0 Å². The summed E-state index contributed by atoms with van der Waals surface area (Å²) in [5.41, 5.74) is 3.87. The normalized spacial score (nSPS) is 16.0. The first-order chi connectivity index (χ1) is 14.1. The molecule has 5 nitrogen and oxygen atoms in total. The standard InChI is InChI=1S/C23H19ClN2O3/c24-20-7-2-1-6-18(20)19-13-15(9-10-17(19)16-5-3-11-25-14-16)22(27)26-12-4-8-21(26)23(28)29/h1-3,5-7,9-11,13-14,21H,4,8,12H2,(H,28,29). The Morgan fingerprint density at radius 2 is 1.86 bits per heavy atom. The van der Waals surface area contributed by atoms with Gasteiger partial charge in [-0.2, -0.15) is 0 Å². The summed E-state index contributed by atoms with van der Waals surface area (Å²) in [5, 5.41) is 10.00. The number of benzene rings is 2. The lowest BCUT2D eigenvalue weighted by Gasteiger charge is -2.22. The van der Waals surface area contributed by atoms with E-state index in [0.717, 1.165) is 22.3 Å². The zero-order valence-electron chi connectivity index (χ0n) is 15.6. The van der Waals surface area contributed by atoms with Gasteiger partial charge in [0.1, 0.15) is 6.04 Å². The summed E-state index contributed by atoms with van der Waals surface area (Å²) in [4.78, 5) is 30.2. The number of carboxylic acid groups (broad SMARTS) is 1. The second-order valence-electron chi connectivity index (χ2n) is 6.98. The highest BCUT2D eigenvalue weighted by Gasteiger charge is 2.34. The third-order valence-corrected chi connectivity index (χ3v) is 5.53. The number of hydrogen-bond acceptors (Lipinski definition) is 3. The lowest BCUT2D eigenvalue weighted by molar-refractivity contribution is -0.141. The van der Waals surface area contributed by atoms with Crippen molar-refractivity contribution in [3.8, 4) is 22.3 Å². The van der Waals surface area contributed by atoms with Crippen molar-refractivity contribution in [3.63, 3.8) is 0 Å². The summed E-state index contributed by atoms with van der Waals surface area (Å²) in [6, 6.07) is 15.9. The van der Waals surface area contributed by atoms with E-state index in [0.29, 0.717) is 30.0 Å². The highest BCUT2D eigenvalue weighted by Crippen LogP contribution is 2.37. The molecule has 3 aromatic rings. The zero-order valence-corrected chi connectivity index (χ0v) is 16.3. The quantitative estimate of drug-likeness (QED) is 0.678. The van der Waals surface area contributed by atoms with Gasteiger partial charge in [-0.3, -0.25) is 9.78 Å². The van der Waals surface area contributed by atoms with Gasteiger partial charge in [-0.1, -0.05) is 41.9 Å². The number of halogens is 1. The number of rotatable bonds is 4. The Labute approximate surface area is 173 Å². The molecule has 1 aliphatic rings. The van der Waals surface area contributed by atoms with Crippen LogP contribution in [0.3, 0.4) is 0 Å². The van der Waals surface area contributed by atoms with Gasteiger partial charge in [-0.05, 0) is 48.2 Å². The van der Waals surface area contributed by atoms with Crippen molar-refractivity contribution in [2.24, 2.45) is 0 Å². The maximum absolute atomic E-state index is 13.1. The Morgan fingerprint density at radius 1 is 1.03 bits per heavy atom. The van der Waals surface area contributed by atoms with E-state index in [4.69, 9.17) is 11.6 Å². The Bertz CT molecular complexity index is 1070. The third kappa shape index (κ3) is 3.74. The van der Waals surface area contributed by atoms with Crippen molar-refractivity contribution in [2.75, 3.05) is 6.54 Å². The fourth-order valence-corrected chi connectivity index (χ4v) is 4.02. The Morgan fingerprint density at radius 3 is 2.59 bits per heavy atom. The lowest BCUT2D eigenvalue weighted by atomic mass is 9.93. The van der Waals surface area contributed by atoms with Crippen molar-refractivity contribution in [3.05, 3.63) is 77.6 Å². The monoisotopic (exact) mass is 406 g/mol. The number of likely N-dealkylation sites (tertiary alicyclic amines) is 1. The van der Waals surface area contributed by atoms with Gasteiger partial charge >= 0.3 is 5.97 Å². The van der Waals surface area contributed by atoms with E-state index in [1.165, 1.54) is 4.90 Å². The number of hydrogen-bond donors (Lipinski definition) is 1. The highest BCUT2D eigenvalue weighted by molar-refractivity contribution is 6.33. The topological polar surface area (TPSA) is 70.5 Å². The summed E-state index contributed by atoms with van der Waals surface area (Å²) in [7, 11) is 0. The molecule has 29 heavy (non-hydrogen) atoms. The maximum atomic E-state index is 13.1. The molecule has 2 heterocycles. The number of nitrogens with zero attached hydrogens (tertiary/aromatic N) is 2. The minimum absolute atomic E-state index is 0.277. The number of aliphatic carboxylic acids is 1. The predicted octanol–water partition coefficient (Wildman–Crippen LogP) is 4.76. The van der Waals surface area contributed by atoms with Gasteiger partial charge in [0.05, 0.1) is 0 Å². The minimum atomic E-state index is -0.964. The fraction of sp³-hybridized carbons (Fsp3) is 0.174. The molecule has 1 atom stereocenters. The molecule has 1 unspecified atom stereocenters. The second kappa shape index (κ2) is 8.05. The van der Waals surface area contributed by atoms with Gasteiger partial charge in [-0.25, -0.2) is 4.79 Å². The van der Waals surface area contributed by atoms with Crippen LogP contribution in [0.25, 0.3) is 22.3 Å². The molecule has 6 heteroatoms. The SMILES string of the molecule is O=C(O)C1CCCN1C(=O)c1ccc(-c2cccnc2)c(-c2ccccc2Cl)c1. The zero-order chi connectivity index (χ0) is 20.4. The molecule has 1 saturated heterocycles. The molecule has 1 N–H and O–H groups in total. The maximum Gasteiger partial charge on any atom is 0.326 e. The van der Waals surface area contributed by atoms with E-state index in [-0.39, 0.29) is 5.91 Å². The Kier molecular flexibility index (Phi) is 5.32. The van der Waals surface area contributed by atoms with Crippen LogP contribution >= 0.6 is 11.6 Å². The van der Waals surface area contributed by atoms with Gasteiger partial charge < -0.3 is 10.0 Å². The molecule has 1 aromatic heterocycles. The molecule has 0 aliphatic carbocycles. The van der Waals surface area contributed by atoms with Crippen LogP contribution in [0.15, 0.2) is 67.0 Å². The van der Waals surface area contributed by atoms with E-state index < -0.39 is 12.0 Å². The van der Waals surface area contributed by atoms with Gasteiger partial charge in [0.15, 0.2) is 0 Å². The molecule has 0 saturated carbocycles. The average molecular weight is 407 g/mol. The molecular weight excluding hydrogens is 388 g/mol. The lowest BCUT2D eigenvalue weighted by Crippen LogP contribution is -2.40. The first-order valence-corrected chi connectivity index (χ1v) is 9.77. The van der Waals surface area contributed by atoms with Gasteiger partial charge in [0.2, 0.25) is 0 Å².